The summed E-state index contributed by atoms with van der Waals surface area (Å²) in [6, 6.07) is 0. The van der Waals surface area contributed by atoms with Crippen LogP contribution in [0.1, 0.15) is 66.2 Å². The molecule has 0 bridgehead atoms. The topological polar surface area (TPSA) is 7.68 Å². The van der Waals surface area contributed by atoms with Crippen molar-refractivity contribution in [3.63, 3.8) is 0 Å². The van der Waals surface area contributed by atoms with Crippen LogP contribution in [0, 0.1) is 0 Å². The van der Waals surface area contributed by atoms with E-state index in [-0.39, 0.29) is 0 Å². The summed E-state index contributed by atoms with van der Waals surface area (Å²) in [5.74, 6) is 0. The molecule has 0 amide bonds. The molecule has 0 radical (unpaired) electrons. The number of rotatable bonds is 11. The molecule has 0 saturated carbocycles. The normalized spacial score (nSPS) is 11.6. The lowest BCUT2D eigenvalue weighted by molar-refractivity contribution is -1.02. The van der Waals surface area contributed by atoms with Crippen LogP contribution in [0.4, 0.5) is 0 Å². The molecule has 0 saturated heterocycles. The van der Waals surface area contributed by atoms with E-state index in [0.717, 1.165) is 0 Å². The smallest absolute Gasteiger partial charge is 0.0947 e. The Balaban J connectivity index is 4.15. The summed E-state index contributed by atoms with van der Waals surface area (Å²) < 4.78 is 0. The van der Waals surface area contributed by atoms with Crippen molar-refractivity contribution in [3.8, 4) is 0 Å². The SMILES string of the molecule is CCCC[NH+](CCCC)N(CCC)CCC. The minimum Gasteiger partial charge on any atom is -0.255 e. The molecule has 0 aromatic heterocycles. The van der Waals surface area contributed by atoms with Crippen molar-refractivity contribution >= 4 is 0 Å². The van der Waals surface area contributed by atoms with Crippen molar-refractivity contribution in [3.05, 3.63) is 0 Å². The van der Waals surface area contributed by atoms with Crippen molar-refractivity contribution in [2.24, 2.45) is 0 Å². The Bertz CT molecular complexity index is 123. The average molecular weight is 229 g/mol. The third kappa shape index (κ3) is 7.24. The van der Waals surface area contributed by atoms with Gasteiger partial charge in [0.25, 0.3) is 0 Å². The summed E-state index contributed by atoms with van der Waals surface area (Å²) in [5, 5.41) is 4.39. The van der Waals surface area contributed by atoms with Crippen molar-refractivity contribution in [1.82, 2.24) is 5.01 Å². The Morgan fingerprint density at radius 2 is 1.12 bits per heavy atom. The van der Waals surface area contributed by atoms with Gasteiger partial charge in [-0.15, -0.1) is 0 Å². The predicted molar refractivity (Wildman–Crippen MR) is 72.7 cm³/mol. The molecule has 0 aromatic rings. The highest BCUT2D eigenvalue weighted by Gasteiger charge is 2.16. The van der Waals surface area contributed by atoms with Crippen LogP contribution < -0.4 is 5.01 Å². The lowest BCUT2D eigenvalue weighted by Gasteiger charge is -2.31. The summed E-state index contributed by atoms with van der Waals surface area (Å²) in [4.78, 5) is 0. The second-order valence-corrected chi connectivity index (χ2v) is 4.76. The third-order valence-electron chi connectivity index (χ3n) is 3.07. The van der Waals surface area contributed by atoms with Gasteiger partial charge in [0.05, 0.1) is 13.1 Å². The monoisotopic (exact) mass is 229 g/mol. The van der Waals surface area contributed by atoms with Gasteiger partial charge in [0.2, 0.25) is 0 Å². The van der Waals surface area contributed by atoms with Crippen molar-refractivity contribution in [2.75, 3.05) is 26.2 Å². The van der Waals surface area contributed by atoms with Gasteiger partial charge >= 0.3 is 0 Å². The van der Waals surface area contributed by atoms with E-state index >= 15 is 0 Å². The molecule has 2 nitrogen and oxygen atoms in total. The van der Waals surface area contributed by atoms with Gasteiger partial charge in [0.1, 0.15) is 0 Å². The molecule has 16 heavy (non-hydrogen) atoms. The van der Waals surface area contributed by atoms with E-state index in [4.69, 9.17) is 0 Å². The molecule has 0 rings (SSSR count). The second-order valence-electron chi connectivity index (χ2n) is 4.76. The van der Waals surface area contributed by atoms with Gasteiger partial charge in [-0.2, -0.15) is 5.01 Å². The first-order valence-electron chi connectivity index (χ1n) is 7.39. The Hall–Kier alpha value is -0.0800. The summed E-state index contributed by atoms with van der Waals surface area (Å²) in [6.45, 7) is 14.4. The van der Waals surface area contributed by atoms with E-state index in [1.54, 1.807) is 5.01 Å². The molecule has 0 fully saturated rings. The summed E-state index contributed by atoms with van der Waals surface area (Å²) in [5.41, 5.74) is 0. The standard InChI is InChI=1S/C14H32N2/c1-5-9-13-16(14-10-6-2)15(11-7-3)12-8-4/h5-14H2,1-4H3/p+1. The van der Waals surface area contributed by atoms with Gasteiger partial charge in [0, 0.05) is 13.1 Å². The molecule has 0 aliphatic rings. The zero-order chi connectivity index (χ0) is 12.2. The van der Waals surface area contributed by atoms with Gasteiger partial charge in [-0.3, -0.25) is 5.01 Å². The van der Waals surface area contributed by atoms with Crippen molar-refractivity contribution < 1.29 is 5.01 Å². The highest BCUT2D eigenvalue weighted by molar-refractivity contribution is 4.43. The molecule has 98 valence electrons. The molecule has 0 aliphatic carbocycles. The molecule has 0 aliphatic heterocycles. The van der Waals surface area contributed by atoms with Gasteiger partial charge in [-0.25, -0.2) is 0 Å². The third-order valence-corrected chi connectivity index (χ3v) is 3.07. The first kappa shape index (κ1) is 15.9. The first-order valence-corrected chi connectivity index (χ1v) is 7.39. The Labute approximate surface area is 103 Å². The molecule has 0 atom stereocenters. The summed E-state index contributed by atoms with van der Waals surface area (Å²) in [7, 11) is 0. The number of hydrogen-bond acceptors (Lipinski definition) is 1. The van der Waals surface area contributed by atoms with Crippen LogP contribution in [0.3, 0.4) is 0 Å². The largest absolute Gasteiger partial charge is 0.255 e. The predicted octanol–water partition coefficient (Wildman–Crippen LogP) is 2.51. The Morgan fingerprint density at radius 1 is 0.688 bits per heavy atom. The number of nitrogens with zero attached hydrogens (tertiary/aromatic N) is 1. The Kier molecular flexibility index (Phi) is 11.3. The maximum absolute atomic E-state index is 2.66. The molecule has 2 heteroatoms. The van der Waals surface area contributed by atoms with E-state index in [0.29, 0.717) is 0 Å². The van der Waals surface area contributed by atoms with E-state index in [2.05, 4.69) is 32.7 Å². The minimum absolute atomic E-state index is 1.26. The van der Waals surface area contributed by atoms with Crippen LogP contribution in [-0.2, 0) is 0 Å². The molecule has 1 N–H and O–H groups in total. The number of quaternary nitrogens is 1. The fraction of sp³-hybridized carbons (Fsp3) is 1.00. The maximum Gasteiger partial charge on any atom is 0.0947 e. The van der Waals surface area contributed by atoms with Gasteiger partial charge in [-0.05, 0) is 25.7 Å². The minimum atomic E-state index is 1.26. The fourth-order valence-electron chi connectivity index (χ4n) is 2.17. The number of nitrogens with one attached hydrogen (secondary N) is 1. The van der Waals surface area contributed by atoms with Crippen LogP contribution in [0.2, 0.25) is 0 Å². The van der Waals surface area contributed by atoms with Gasteiger partial charge in [0.15, 0.2) is 0 Å². The first-order chi connectivity index (χ1) is 7.79. The lowest BCUT2D eigenvalue weighted by atomic mass is 10.3. The van der Waals surface area contributed by atoms with E-state index < -0.39 is 0 Å². The van der Waals surface area contributed by atoms with Crippen molar-refractivity contribution in [2.45, 2.75) is 66.2 Å². The highest BCUT2D eigenvalue weighted by atomic mass is 15.6. The van der Waals surface area contributed by atoms with Gasteiger partial charge < -0.3 is 0 Å². The zero-order valence-electron chi connectivity index (χ0n) is 12.0. The van der Waals surface area contributed by atoms with E-state index in [1.807, 2.05) is 0 Å². The highest BCUT2D eigenvalue weighted by Crippen LogP contribution is 1.90. The average Bonchev–Trinajstić information content (AvgIpc) is 2.29. The van der Waals surface area contributed by atoms with Crippen LogP contribution in [0.5, 0.6) is 0 Å². The van der Waals surface area contributed by atoms with Crippen LogP contribution in [-0.4, -0.2) is 31.2 Å². The zero-order valence-corrected chi connectivity index (χ0v) is 12.0. The molecular formula is C14H33N2+. The molecular weight excluding hydrogens is 196 g/mol. The lowest BCUT2D eigenvalue weighted by Crippen LogP contribution is -3.18. The Morgan fingerprint density at radius 3 is 1.44 bits per heavy atom. The molecule has 0 spiro atoms. The maximum atomic E-state index is 2.66. The van der Waals surface area contributed by atoms with Crippen LogP contribution in [0.25, 0.3) is 0 Å². The van der Waals surface area contributed by atoms with Gasteiger partial charge in [-0.1, -0.05) is 40.5 Å². The quantitative estimate of drug-likeness (QED) is 0.535. The fourth-order valence-corrected chi connectivity index (χ4v) is 2.17. The van der Waals surface area contributed by atoms with Crippen molar-refractivity contribution in [1.29, 1.82) is 0 Å². The molecule has 0 heterocycles. The molecule has 0 aromatic carbocycles. The van der Waals surface area contributed by atoms with Crippen LogP contribution >= 0.6 is 0 Å². The number of unbranched alkanes of at least 4 members (excludes halogenated alkanes) is 2. The summed E-state index contributed by atoms with van der Waals surface area (Å²) >= 11 is 0. The number of hydrogen-bond donors (Lipinski definition) is 1. The van der Waals surface area contributed by atoms with E-state index in [9.17, 15) is 0 Å². The molecule has 0 unspecified atom stereocenters. The second kappa shape index (κ2) is 11.4. The van der Waals surface area contributed by atoms with E-state index in [1.165, 1.54) is 64.7 Å². The van der Waals surface area contributed by atoms with Crippen LogP contribution in [0.15, 0.2) is 0 Å². The summed E-state index contributed by atoms with van der Waals surface area (Å²) in [6.07, 6.45) is 7.93.